The van der Waals surface area contributed by atoms with E-state index in [1.807, 2.05) is 17.9 Å². The van der Waals surface area contributed by atoms with Crippen LogP contribution in [0.15, 0.2) is 41.4 Å². The highest BCUT2D eigenvalue weighted by Crippen LogP contribution is 2.18. The van der Waals surface area contributed by atoms with Gasteiger partial charge in [-0.3, -0.25) is 4.79 Å². The largest absolute Gasteiger partial charge is 0.357 e. The predicted octanol–water partition coefficient (Wildman–Crippen LogP) is 1.84. The second-order valence-corrected chi connectivity index (χ2v) is 6.31. The third kappa shape index (κ3) is 4.16. The van der Waals surface area contributed by atoms with Crippen LogP contribution in [0, 0.1) is 0 Å². The van der Waals surface area contributed by atoms with Crippen molar-refractivity contribution >= 4 is 11.9 Å². The number of hydrogen-bond donors (Lipinski definition) is 2. The Kier molecular flexibility index (Phi) is 5.51. The second kappa shape index (κ2) is 7.99. The van der Waals surface area contributed by atoms with Crippen molar-refractivity contribution in [1.82, 2.24) is 15.5 Å². The molecule has 0 saturated heterocycles. The van der Waals surface area contributed by atoms with Crippen LogP contribution in [0.4, 0.5) is 0 Å². The van der Waals surface area contributed by atoms with Gasteiger partial charge in [0, 0.05) is 25.7 Å². The molecule has 0 bridgehead atoms. The van der Waals surface area contributed by atoms with Crippen LogP contribution in [0.25, 0.3) is 0 Å². The molecule has 0 saturated carbocycles. The van der Waals surface area contributed by atoms with Crippen molar-refractivity contribution in [2.24, 2.45) is 4.99 Å². The Bertz CT molecular complexity index is 630. The van der Waals surface area contributed by atoms with Crippen LogP contribution in [0.1, 0.15) is 30.9 Å². The Morgan fingerprint density at radius 2 is 2.00 bits per heavy atom. The summed E-state index contributed by atoms with van der Waals surface area (Å²) in [5.41, 5.74) is 2.61. The molecule has 0 aromatic heterocycles. The number of nitrogens with one attached hydrogen (secondary N) is 2. The quantitative estimate of drug-likeness (QED) is 0.504. The number of fused-ring (bicyclic) bond motifs is 1. The first-order valence-corrected chi connectivity index (χ1v) is 8.80. The second-order valence-electron chi connectivity index (χ2n) is 6.31. The lowest BCUT2D eigenvalue weighted by atomic mass is 10.00. The van der Waals surface area contributed by atoms with Crippen molar-refractivity contribution in [1.29, 1.82) is 0 Å². The fourth-order valence-corrected chi connectivity index (χ4v) is 3.20. The lowest BCUT2D eigenvalue weighted by molar-refractivity contribution is -0.130. The average Bonchev–Trinajstić information content (AvgIpc) is 3.12. The third-order valence-corrected chi connectivity index (χ3v) is 4.55. The van der Waals surface area contributed by atoms with Crippen LogP contribution in [0.2, 0.25) is 0 Å². The number of carbonyl (C=O) groups is 1. The van der Waals surface area contributed by atoms with Gasteiger partial charge in [0.1, 0.15) is 6.54 Å². The summed E-state index contributed by atoms with van der Waals surface area (Å²) in [6.07, 6.45) is 7.31. The van der Waals surface area contributed by atoms with Gasteiger partial charge in [0.2, 0.25) is 5.91 Å². The average molecular weight is 326 g/mol. The lowest BCUT2D eigenvalue weighted by Gasteiger charge is -2.28. The maximum atomic E-state index is 12.5. The summed E-state index contributed by atoms with van der Waals surface area (Å²) in [6.45, 7) is 4.49. The normalized spacial score (nSPS) is 17.7. The van der Waals surface area contributed by atoms with Gasteiger partial charge in [0.05, 0.1) is 0 Å². The van der Waals surface area contributed by atoms with Crippen molar-refractivity contribution in [2.75, 3.05) is 19.6 Å². The van der Waals surface area contributed by atoms with Gasteiger partial charge in [-0.15, -0.1) is 0 Å². The van der Waals surface area contributed by atoms with Gasteiger partial charge in [0.25, 0.3) is 0 Å². The van der Waals surface area contributed by atoms with E-state index in [1.54, 1.807) is 0 Å². The molecule has 0 unspecified atom stereocenters. The molecule has 1 aliphatic carbocycles. The molecule has 1 aromatic rings. The molecule has 1 aromatic carbocycles. The highest BCUT2D eigenvalue weighted by Gasteiger charge is 2.20. The highest BCUT2D eigenvalue weighted by atomic mass is 16.2. The van der Waals surface area contributed by atoms with Gasteiger partial charge in [-0.2, -0.15) is 0 Å². The third-order valence-electron chi connectivity index (χ3n) is 4.55. The summed E-state index contributed by atoms with van der Waals surface area (Å²) >= 11 is 0. The zero-order valence-electron chi connectivity index (χ0n) is 14.3. The number of guanidine groups is 1. The molecule has 3 rings (SSSR count). The SMILES string of the molecule is CCNC(=NCC(=O)N1CCc2ccccc2C1)NC1CC=CC1. The fraction of sp³-hybridized carbons (Fsp3) is 0.474. The van der Waals surface area contributed by atoms with Gasteiger partial charge in [-0.25, -0.2) is 4.99 Å². The number of rotatable bonds is 4. The Hall–Kier alpha value is -2.30. The molecule has 128 valence electrons. The van der Waals surface area contributed by atoms with Crippen LogP contribution in [-0.4, -0.2) is 42.4 Å². The van der Waals surface area contributed by atoms with Crippen LogP contribution in [0.5, 0.6) is 0 Å². The van der Waals surface area contributed by atoms with Crippen molar-refractivity contribution in [3.8, 4) is 0 Å². The monoisotopic (exact) mass is 326 g/mol. The zero-order valence-corrected chi connectivity index (χ0v) is 14.3. The van der Waals surface area contributed by atoms with Crippen molar-refractivity contribution in [2.45, 2.75) is 38.8 Å². The van der Waals surface area contributed by atoms with E-state index >= 15 is 0 Å². The molecular formula is C19H26N4O. The minimum absolute atomic E-state index is 0.0891. The first-order chi connectivity index (χ1) is 11.8. The summed E-state index contributed by atoms with van der Waals surface area (Å²) < 4.78 is 0. The molecule has 0 spiro atoms. The Morgan fingerprint density at radius 3 is 2.75 bits per heavy atom. The molecule has 0 radical (unpaired) electrons. The summed E-state index contributed by atoms with van der Waals surface area (Å²) in [7, 11) is 0. The topological polar surface area (TPSA) is 56.7 Å². The van der Waals surface area contributed by atoms with E-state index in [1.165, 1.54) is 11.1 Å². The molecule has 1 amide bonds. The molecule has 2 N–H and O–H groups in total. The molecule has 0 atom stereocenters. The van der Waals surface area contributed by atoms with E-state index < -0.39 is 0 Å². The molecule has 5 nitrogen and oxygen atoms in total. The summed E-state index contributed by atoms with van der Waals surface area (Å²) in [6, 6.07) is 8.75. The maximum Gasteiger partial charge on any atom is 0.244 e. The Morgan fingerprint density at radius 1 is 1.25 bits per heavy atom. The first kappa shape index (κ1) is 16.6. The molecule has 0 fully saturated rings. The number of carbonyl (C=O) groups excluding carboxylic acids is 1. The van der Waals surface area contributed by atoms with Crippen molar-refractivity contribution < 1.29 is 4.79 Å². The number of benzene rings is 1. The molecular weight excluding hydrogens is 300 g/mol. The lowest BCUT2D eigenvalue weighted by Crippen LogP contribution is -2.43. The van der Waals surface area contributed by atoms with Gasteiger partial charge in [-0.05, 0) is 37.3 Å². The van der Waals surface area contributed by atoms with E-state index in [0.717, 1.165) is 38.3 Å². The number of amides is 1. The molecule has 2 aliphatic rings. The predicted molar refractivity (Wildman–Crippen MR) is 96.8 cm³/mol. The van der Waals surface area contributed by atoms with E-state index in [-0.39, 0.29) is 12.5 Å². The van der Waals surface area contributed by atoms with E-state index in [2.05, 4.69) is 46.0 Å². The summed E-state index contributed by atoms with van der Waals surface area (Å²) in [5.74, 6) is 0.822. The molecule has 5 heteroatoms. The van der Waals surface area contributed by atoms with Crippen molar-refractivity contribution in [3.05, 3.63) is 47.5 Å². The molecule has 24 heavy (non-hydrogen) atoms. The summed E-state index contributed by atoms with van der Waals surface area (Å²) in [5, 5.41) is 6.62. The van der Waals surface area contributed by atoms with Gasteiger partial charge in [-0.1, -0.05) is 36.4 Å². The van der Waals surface area contributed by atoms with E-state index in [9.17, 15) is 4.79 Å². The van der Waals surface area contributed by atoms with E-state index in [4.69, 9.17) is 0 Å². The molecule has 1 heterocycles. The minimum atomic E-state index is 0.0891. The Labute approximate surface area is 143 Å². The van der Waals surface area contributed by atoms with Crippen LogP contribution in [0.3, 0.4) is 0 Å². The zero-order chi connectivity index (χ0) is 16.8. The van der Waals surface area contributed by atoms with Crippen LogP contribution >= 0.6 is 0 Å². The van der Waals surface area contributed by atoms with Gasteiger partial charge >= 0.3 is 0 Å². The smallest absolute Gasteiger partial charge is 0.244 e. The number of aliphatic imine (C=N–C) groups is 1. The van der Waals surface area contributed by atoms with Crippen LogP contribution in [-0.2, 0) is 17.8 Å². The maximum absolute atomic E-state index is 12.5. The number of hydrogen-bond acceptors (Lipinski definition) is 2. The molecule has 1 aliphatic heterocycles. The Balaban J connectivity index is 1.56. The minimum Gasteiger partial charge on any atom is -0.357 e. The van der Waals surface area contributed by atoms with Gasteiger partial charge < -0.3 is 15.5 Å². The van der Waals surface area contributed by atoms with E-state index in [0.29, 0.717) is 12.6 Å². The highest BCUT2D eigenvalue weighted by molar-refractivity contribution is 5.85. The fourth-order valence-electron chi connectivity index (χ4n) is 3.20. The summed E-state index contributed by atoms with van der Waals surface area (Å²) in [4.78, 5) is 18.9. The standard InChI is InChI=1S/C19H26N4O/c1-2-20-19(22-17-9-5-6-10-17)21-13-18(24)23-12-11-15-7-3-4-8-16(15)14-23/h3-8,17H,2,9-14H2,1H3,(H2,20,21,22). The van der Waals surface area contributed by atoms with Gasteiger partial charge in [0.15, 0.2) is 5.96 Å². The first-order valence-electron chi connectivity index (χ1n) is 8.80. The van der Waals surface area contributed by atoms with Crippen molar-refractivity contribution in [3.63, 3.8) is 0 Å². The number of nitrogens with zero attached hydrogens (tertiary/aromatic N) is 2. The van der Waals surface area contributed by atoms with Crippen LogP contribution < -0.4 is 10.6 Å².